The third kappa shape index (κ3) is 1.96. The molecule has 1 aliphatic rings. The molecule has 2 heterocycles. The molecule has 0 aliphatic carbocycles. The fourth-order valence-corrected chi connectivity index (χ4v) is 2.98. The number of para-hydroxylation sites is 2. The summed E-state index contributed by atoms with van der Waals surface area (Å²) in [6, 6.07) is 9.53. The first-order valence-electron chi connectivity index (χ1n) is 6.02. The van der Waals surface area contributed by atoms with Crippen LogP contribution in [0.5, 0.6) is 11.5 Å². The molecule has 0 bridgehead atoms. The molecule has 5 heteroatoms. The van der Waals surface area contributed by atoms with Crippen LogP contribution in [-0.4, -0.2) is 19.6 Å². The molecule has 3 rings (SSSR count). The fourth-order valence-electron chi connectivity index (χ4n) is 2.02. The van der Waals surface area contributed by atoms with Gasteiger partial charge in [-0.3, -0.25) is 0 Å². The van der Waals surface area contributed by atoms with Crippen LogP contribution >= 0.6 is 11.3 Å². The van der Waals surface area contributed by atoms with Gasteiger partial charge in [0.15, 0.2) is 11.5 Å². The number of benzene rings is 1. The maximum Gasteiger partial charge on any atom is 0.348 e. The summed E-state index contributed by atoms with van der Waals surface area (Å²) in [5.74, 6) is 1.20. The highest BCUT2D eigenvalue weighted by Gasteiger charge is 2.26. The molecule has 4 nitrogen and oxygen atoms in total. The van der Waals surface area contributed by atoms with Crippen LogP contribution in [-0.2, 0) is 4.74 Å². The van der Waals surface area contributed by atoms with Crippen LogP contribution < -0.4 is 9.64 Å². The average Bonchev–Trinajstić information content (AvgIpc) is 2.84. The topological polar surface area (TPSA) is 38.8 Å². The Balaban J connectivity index is 2.00. The lowest BCUT2D eigenvalue weighted by atomic mass is 10.2. The molecule has 0 fully saturated rings. The summed E-state index contributed by atoms with van der Waals surface area (Å²) in [7, 11) is 1.96. The molecule has 0 spiro atoms. The lowest BCUT2D eigenvalue weighted by Crippen LogP contribution is -2.13. The molecular formula is C14H13NO3S. The summed E-state index contributed by atoms with van der Waals surface area (Å²) in [4.78, 5) is 14.3. The average molecular weight is 275 g/mol. The lowest BCUT2D eigenvalue weighted by molar-refractivity contribution is 0.0532. The van der Waals surface area contributed by atoms with Crippen LogP contribution in [0.3, 0.4) is 0 Å². The Morgan fingerprint density at radius 3 is 2.95 bits per heavy atom. The van der Waals surface area contributed by atoms with E-state index in [0.29, 0.717) is 17.2 Å². The predicted octanol–water partition coefficient (Wildman–Crippen LogP) is 3.80. The number of rotatable bonds is 2. The summed E-state index contributed by atoms with van der Waals surface area (Å²) >= 11 is 1.38. The summed E-state index contributed by atoms with van der Waals surface area (Å²) in [6.07, 6.45) is 0. The van der Waals surface area contributed by atoms with Crippen LogP contribution in [0.1, 0.15) is 16.6 Å². The monoisotopic (exact) mass is 275 g/mol. The Morgan fingerprint density at radius 1 is 1.37 bits per heavy atom. The largest absolute Gasteiger partial charge is 0.462 e. The highest BCUT2D eigenvalue weighted by atomic mass is 32.1. The fraction of sp³-hybridized carbons (Fsp3) is 0.214. The van der Waals surface area contributed by atoms with E-state index >= 15 is 0 Å². The number of hydrogen-bond donors (Lipinski definition) is 0. The van der Waals surface area contributed by atoms with Crippen molar-refractivity contribution in [2.45, 2.75) is 6.92 Å². The van der Waals surface area contributed by atoms with Gasteiger partial charge in [-0.15, -0.1) is 11.3 Å². The van der Waals surface area contributed by atoms with Crippen LogP contribution in [0.15, 0.2) is 30.3 Å². The number of thiophene rings is 1. The Bertz CT molecular complexity index is 635. The van der Waals surface area contributed by atoms with Crippen molar-refractivity contribution < 1.29 is 14.3 Å². The van der Waals surface area contributed by atoms with E-state index in [1.165, 1.54) is 11.3 Å². The quantitative estimate of drug-likeness (QED) is 0.781. The van der Waals surface area contributed by atoms with Gasteiger partial charge in [0.1, 0.15) is 9.88 Å². The first-order chi connectivity index (χ1) is 9.20. The molecule has 2 aromatic rings. The molecule has 1 aliphatic heterocycles. The smallest absolute Gasteiger partial charge is 0.348 e. The van der Waals surface area contributed by atoms with Crippen LogP contribution in [0.4, 0.5) is 10.7 Å². The summed E-state index contributed by atoms with van der Waals surface area (Å²) in [5.41, 5.74) is 0.993. The predicted molar refractivity (Wildman–Crippen MR) is 74.9 cm³/mol. The summed E-state index contributed by atoms with van der Waals surface area (Å²) in [6.45, 7) is 2.17. The third-order valence-corrected chi connectivity index (χ3v) is 4.08. The second-order valence-electron chi connectivity index (χ2n) is 4.13. The molecule has 98 valence electrons. The van der Waals surface area contributed by atoms with Crippen molar-refractivity contribution in [3.8, 4) is 11.5 Å². The number of hydrogen-bond acceptors (Lipinski definition) is 5. The van der Waals surface area contributed by atoms with Gasteiger partial charge < -0.3 is 14.4 Å². The number of fused-ring (bicyclic) bond motifs is 2. The zero-order chi connectivity index (χ0) is 13.4. The van der Waals surface area contributed by atoms with Crippen molar-refractivity contribution in [3.63, 3.8) is 0 Å². The first-order valence-corrected chi connectivity index (χ1v) is 6.84. The van der Waals surface area contributed by atoms with Crippen LogP contribution in [0.2, 0.25) is 0 Å². The van der Waals surface area contributed by atoms with Gasteiger partial charge >= 0.3 is 5.97 Å². The first kappa shape index (κ1) is 12.0. The maximum atomic E-state index is 11.8. The standard InChI is InChI=1S/C14H13NO3S/c1-3-17-14(16)12-8-11-13(19-12)15(2)9-6-4-5-7-10(9)18-11/h4-8H,3H2,1-2H3. The zero-order valence-electron chi connectivity index (χ0n) is 10.7. The van der Waals surface area contributed by atoms with Gasteiger partial charge in [-0.25, -0.2) is 4.79 Å². The number of nitrogens with zero attached hydrogens (tertiary/aromatic N) is 1. The second kappa shape index (κ2) is 4.59. The van der Waals surface area contributed by atoms with Crippen molar-refractivity contribution in [2.75, 3.05) is 18.6 Å². The third-order valence-electron chi connectivity index (χ3n) is 2.91. The number of anilines is 2. The maximum absolute atomic E-state index is 11.8. The van der Waals surface area contributed by atoms with Gasteiger partial charge in [0, 0.05) is 13.1 Å². The van der Waals surface area contributed by atoms with E-state index in [0.717, 1.165) is 16.4 Å². The lowest BCUT2D eigenvalue weighted by Gasteiger charge is -2.26. The molecule has 0 N–H and O–H groups in total. The van der Waals surface area contributed by atoms with E-state index in [1.807, 2.05) is 36.2 Å². The molecule has 1 aromatic carbocycles. The van der Waals surface area contributed by atoms with E-state index < -0.39 is 0 Å². The molecule has 19 heavy (non-hydrogen) atoms. The molecular weight excluding hydrogens is 262 g/mol. The minimum absolute atomic E-state index is 0.303. The van der Waals surface area contributed by atoms with E-state index in [4.69, 9.17) is 9.47 Å². The highest BCUT2D eigenvalue weighted by molar-refractivity contribution is 7.18. The van der Waals surface area contributed by atoms with Gasteiger partial charge in [0.05, 0.1) is 12.3 Å². The van der Waals surface area contributed by atoms with Crippen molar-refractivity contribution in [1.82, 2.24) is 0 Å². The molecule has 0 saturated heterocycles. The molecule has 0 saturated carbocycles. The number of esters is 1. The minimum atomic E-state index is -0.303. The minimum Gasteiger partial charge on any atom is -0.462 e. The van der Waals surface area contributed by atoms with Crippen LogP contribution in [0, 0.1) is 0 Å². The molecule has 1 aromatic heterocycles. The van der Waals surface area contributed by atoms with Gasteiger partial charge in [0.2, 0.25) is 0 Å². The summed E-state index contributed by atoms with van der Waals surface area (Å²) in [5, 5.41) is 0.918. The Labute approximate surface area is 115 Å². The number of carbonyl (C=O) groups excluding carboxylic acids is 1. The van der Waals surface area contributed by atoms with Gasteiger partial charge in [-0.1, -0.05) is 12.1 Å². The van der Waals surface area contributed by atoms with Crippen LogP contribution in [0.25, 0.3) is 0 Å². The molecule has 0 amide bonds. The van der Waals surface area contributed by atoms with Gasteiger partial charge in [0.25, 0.3) is 0 Å². The molecule has 0 unspecified atom stereocenters. The van der Waals surface area contributed by atoms with Crippen molar-refractivity contribution in [2.24, 2.45) is 0 Å². The van der Waals surface area contributed by atoms with E-state index in [-0.39, 0.29) is 5.97 Å². The summed E-state index contributed by atoms with van der Waals surface area (Å²) < 4.78 is 10.8. The van der Waals surface area contributed by atoms with Gasteiger partial charge in [-0.05, 0) is 19.1 Å². The Kier molecular flexibility index (Phi) is 2.91. The van der Waals surface area contributed by atoms with E-state index in [9.17, 15) is 4.79 Å². The Morgan fingerprint density at radius 2 is 2.16 bits per heavy atom. The van der Waals surface area contributed by atoms with Crippen molar-refractivity contribution in [3.05, 3.63) is 35.2 Å². The zero-order valence-corrected chi connectivity index (χ0v) is 11.5. The molecule has 0 radical (unpaired) electrons. The normalized spacial score (nSPS) is 12.4. The Hall–Kier alpha value is -2.01. The SMILES string of the molecule is CCOC(=O)c1cc2c(s1)N(C)c1ccccc1O2. The second-order valence-corrected chi connectivity index (χ2v) is 5.16. The molecule has 0 atom stereocenters. The highest BCUT2D eigenvalue weighted by Crippen LogP contribution is 2.49. The van der Waals surface area contributed by atoms with Crippen molar-refractivity contribution in [1.29, 1.82) is 0 Å². The number of ether oxygens (including phenoxy) is 2. The van der Waals surface area contributed by atoms with Gasteiger partial charge in [-0.2, -0.15) is 0 Å². The number of carbonyl (C=O) groups is 1. The van der Waals surface area contributed by atoms with E-state index in [2.05, 4.69) is 0 Å². The van der Waals surface area contributed by atoms with E-state index in [1.54, 1.807) is 13.0 Å². The van der Waals surface area contributed by atoms with Crippen molar-refractivity contribution >= 4 is 28.0 Å².